The van der Waals surface area contributed by atoms with Crippen molar-refractivity contribution in [2.24, 2.45) is 0 Å². The molecule has 0 aliphatic carbocycles. The minimum absolute atomic E-state index is 0.0317. The molecule has 1 N–H and O–H groups in total. The molecule has 3 aromatic rings. The number of nitrogens with zero attached hydrogens (tertiary/aromatic N) is 4. The molecule has 0 saturated heterocycles. The van der Waals surface area contributed by atoms with Crippen molar-refractivity contribution in [3.8, 4) is 22.9 Å². The molecule has 0 saturated carbocycles. The van der Waals surface area contributed by atoms with Gasteiger partial charge in [0.25, 0.3) is 0 Å². The Morgan fingerprint density at radius 3 is 2.42 bits per heavy atom. The van der Waals surface area contributed by atoms with E-state index < -0.39 is 0 Å². The maximum Gasteiger partial charge on any atom is 0.248 e. The first-order valence-corrected chi connectivity index (χ1v) is 8.13. The first-order valence-electron chi connectivity index (χ1n) is 8.13. The third-order valence-electron chi connectivity index (χ3n) is 3.54. The van der Waals surface area contributed by atoms with Crippen LogP contribution in [0.3, 0.4) is 0 Å². The monoisotopic (exact) mass is 353 g/mol. The summed E-state index contributed by atoms with van der Waals surface area (Å²) in [4.78, 5) is 13.4. The van der Waals surface area contributed by atoms with Gasteiger partial charge in [-0.1, -0.05) is 0 Å². The van der Waals surface area contributed by atoms with Crippen LogP contribution in [-0.2, 0) is 11.3 Å². The van der Waals surface area contributed by atoms with Gasteiger partial charge in [-0.25, -0.2) is 0 Å². The fraction of sp³-hybridized carbons (Fsp3) is 0.222. The number of anilines is 1. The minimum atomic E-state index is -0.245. The van der Waals surface area contributed by atoms with E-state index in [4.69, 9.17) is 9.47 Å². The lowest BCUT2D eigenvalue weighted by Gasteiger charge is -2.05. The number of tetrazole rings is 1. The molecule has 0 atom stereocenters. The molecule has 0 bridgehead atoms. The lowest BCUT2D eigenvalue weighted by atomic mass is 10.2. The number of carbonyl (C=O) groups excluding carboxylic acids is 1. The molecule has 0 aliphatic rings. The van der Waals surface area contributed by atoms with E-state index >= 15 is 0 Å². The van der Waals surface area contributed by atoms with Crippen LogP contribution in [0.2, 0.25) is 0 Å². The zero-order valence-electron chi connectivity index (χ0n) is 14.5. The van der Waals surface area contributed by atoms with Crippen LogP contribution < -0.4 is 14.8 Å². The quantitative estimate of drug-likeness (QED) is 0.701. The standard InChI is InChI=1S/C18H19N5O3/c1-3-26-16-8-4-13(5-9-16)18-20-22-23(21-18)12-17(24)19-14-6-10-15(25-2)11-7-14/h4-11H,3,12H2,1-2H3,(H,19,24). The Balaban J connectivity index is 1.61. The highest BCUT2D eigenvalue weighted by Crippen LogP contribution is 2.19. The van der Waals surface area contributed by atoms with E-state index in [-0.39, 0.29) is 12.5 Å². The normalized spacial score (nSPS) is 10.4. The third-order valence-corrected chi connectivity index (χ3v) is 3.54. The molecule has 2 aromatic carbocycles. The molecule has 134 valence electrons. The van der Waals surface area contributed by atoms with Gasteiger partial charge in [-0.15, -0.1) is 10.2 Å². The Morgan fingerprint density at radius 2 is 1.77 bits per heavy atom. The van der Waals surface area contributed by atoms with Gasteiger partial charge in [0.15, 0.2) is 0 Å². The third kappa shape index (κ3) is 4.35. The van der Waals surface area contributed by atoms with Gasteiger partial charge in [0.2, 0.25) is 11.7 Å². The maximum atomic E-state index is 12.1. The zero-order valence-corrected chi connectivity index (χ0v) is 14.5. The van der Waals surface area contributed by atoms with Crippen LogP contribution in [-0.4, -0.2) is 39.8 Å². The van der Waals surface area contributed by atoms with E-state index in [0.717, 1.165) is 17.1 Å². The lowest BCUT2D eigenvalue weighted by Crippen LogP contribution is -2.20. The first-order chi connectivity index (χ1) is 12.7. The number of nitrogens with one attached hydrogen (secondary N) is 1. The molecular weight excluding hydrogens is 334 g/mol. The van der Waals surface area contributed by atoms with E-state index in [0.29, 0.717) is 18.1 Å². The number of rotatable bonds is 7. The Morgan fingerprint density at radius 1 is 1.08 bits per heavy atom. The van der Waals surface area contributed by atoms with Crippen LogP contribution in [0.5, 0.6) is 11.5 Å². The van der Waals surface area contributed by atoms with Crippen molar-refractivity contribution in [3.63, 3.8) is 0 Å². The van der Waals surface area contributed by atoms with Gasteiger partial charge >= 0.3 is 0 Å². The first kappa shape index (κ1) is 17.4. The summed E-state index contributed by atoms with van der Waals surface area (Å²) in [5.41, 5.74) is 1.47. The van der Waals surface area contributed by atoms with Crippen molar-refractivity contribution in [3.05, 3.63) is 48.5 Å². The van der Waals surface area contributed by atoms with Crippen molar-refractivity contribution in [2.45, 2.75) is 13.5 Å². The summed E-state index contributed by atoms with van der Waals surface area (Å²) in [5, 5.41) is 14.9. The summed E-state index contributed by atoms with van der Waals surface area (Å²) < 4.78 is 10.5. The SMILES string of the molecule is CCOc1ccc(-c2nnn(CC(=O)Nc3ccc(OC)cc3)n2)cc1. The number of hydrogen-bond acceptors (Lipinski definition) is 6. The lowest BCUT2D eigenvalue weighted by molar-refractivity contribution is -0.117. The fourth-order valence-electron chi connectivity index (χ4n) is 2.30. The number of aromatic nitrogens is 4. The Hall–Kier alpha value is -3.42. The predicted octanol–water partition coefficient (Wildman–Crippen LogP) is 2.39. The predicted molar refractivity (Wildman–Crippen MR) is 96.0 cm³/mol. The zero-order chi connectivity index (χ0) is 18.4. The van der Waals surface area contributed by atoms with Gasteiger partial charge in [0, 0.05) is 11.3 Å². The Kier molecular flexibility index (Phi) is 5.43. The summed E-state index contributed by atoms with van der Waals surface area (Å²) in [6.07, 6.45) is 0. The molecule has 0 spiro atoms. The molecule has 0 fully saturated rings. The molecule has 0 radical (unpaired) electrons. The Labute approximate surface area is 150 Å². The van der Waals surface area contributed by atoms with Crippen LogP contribution >= 0.6 is 0 Å². The highest BCUT2D eigenvalue weighted by molar-refractivity contribution is 5.90. The van der Waals surface area contributed by atoms with Gasteiger partial charge in [-0.05, 0) is 60.7 Å². The molecule has 1 aromatic heterocycles. The minimum Gasteiger partial charge on any atom is -0.497 e. The molecule has 8 heteroatoms. The highest BCUT2D eigenvalue weighted by Gasteiger charge is 2.10. The summed E-state index contributed by atoms with van der Waals surface area (Å²) >= 11 is 0. The van der Waals surface area contributed by atoms with Gasteiger partial charge in [-0.3, -0.25) is 4.79 Å². The second-order valence-electron chi connectivity index (χ2n) is 5.38. The maximum absolute atomic E-state index is 12.1. The van der Waals surface area contributed by atoms with Crippen molar-refractivity contribution in [1.29, 1.82) is 0 Å². The number of amides is 1. The molecule has 3 rings (SSSR count). The van der Waals surface area contributed by atoms with Crippen LogP contribution in [0.4, 0.5) is 5.69 Å². The van der Waals surface area contributed by atoms with Crippen LogP contribution in [0.25, 0.3) is 11.4 Å². The van der Waals surface area contributed by atoms with Crippen molar-refractivity contribution in [2.75, 3.05) is 19.0 Å². The van der Waals surface area contributed by atoms with Crippen LogP contribution in [0, 0.1) is 0 Å². The molecule has 0 aliphatic heterocycles. The number of methoxy groups -OCH3 is 1. The topological polar surface area (TPSA) is 91.2 Å². The average molecular weight is 353 g/mol. The van der Waals surface area contributed by atoms with Gasteiger partial charge in [0.05, 0.1) is 13.7 Å². The molecule has 26 heavy (non-hydrogen) atoms. The van der Waals surface area contributed by atoms with E-state index in [9.17, 15) is 4.79 Å². The Bertz CT molecular complexity index is 859. The highest BCUT2D eigenvalue weighted by atomic mass is 16.5. The summed E-state index contributed by atoms with van der Waals surface area (Å²) in [5.74, 6) is 1.71. The van der Waals surface area contributed by atoms with Gasteiger partial charge < -0.3 is 14.8 Å². The molecule has 1 heterocycles. The number of benzene rings is 2. The number of carbonyl (C=O) groups is 1. The average Bonchev–Trinajstić information content (AvgIpc) is 3.11. The van der Waals surface area contributed by atoms with Crippen molar-refractivity contribution < 1.29 is 14.3 Å². The largest absolute Gasteiger partial charge is 0.497 e. The van der Waals surface area contributed by atoms with Crippen molar-refractivity contribution in [1.82, 2.24) is 20.2 Å². The fourth-order valence-corrected chi connectivity index (χ4v) is 2.30. The summed E-state index contributed by atoms with van der Waals surface area (Å²) in [6, 6.07) is 14.5. The van der Waals surface area contributed by atoms with Crippen molar-refractivity contribution >= 4 is 11.6 Å². The van der Waals surface area contributed by atoms with Crippen LogP contribution in [0.1, 0.15) is 6.92 Å². The van der Waals surface area contributed by atoms with Crippen LogP contribution in [0.15, 0.2) is 48.5 Å². The van der Waals surface area contributed by atoms with Gasteiger partial charge in [0.1, 0.15) is 18.0 Å². The number of hydrogen-bond donors (Lipinski definition) is 1. The second kappa shape index (κ2) is 8.11. The summed E-state index contributed by atoms with van der Waals surface area (Å²) in [7, 11) is 1.59. The van der Waals surface area contributed by atoms with Gasteiger partial charge in [-0.2, -0.15) is 4.80 Å². The number of ether oxygens (including phenoxy) is 2. The molecule has 8 nitrogen and oxygen atoms in total. The molecular formula is C18H19N5O3. The smallest absolute Gasteiger partial charge is 0.248 e. The van der Waals surface area contributed by atoms with E-state index in [1.165, 1.54) is 4.80 Å². The summed E-state index contributed by atoms with van der Waals surface area (Å²) in [6.45, 7) is 2.51. The van der Waals surface area contributed by atoms with E-state index in [2.05, 4.69) is 20.7 Å². The second-order valence-corrected chi connectivity index (χ2v) is 5.38. The molecule has 1 amide bonds. The van der Waals surface area contributed by atoms with E-state index in [1.54, 1.807) is 31.4 Å². The molecule has 0 unspecified atom stereocenters. The van der Waals surface area contributed by atoms with E-state index in [1.807, 2.05) is 31.2 Å².